The number of likely N-dealkylation sites (N-methyl/N-ethyl adjacent to an activating group) is 1. The average Bonchev–Trinajstić information content (AvgIpc) is 2.93. The van der Waals surface area contributed by atoms with E-state index in [0.29, 0.717) is 12.8 Å². The Kier molecular flexibility index (Phi) is 25.5. The minimum atomic E-state index is -1.13. The summed E-state index contributed by atoms with van der Waals surface area (Å²) < 4.78 is 16.7. The molecule has 2 atom stereocenters. The Bertz CT molecular complexity index is 717. The van der Waals surface area contributed by atoms with Gasteiger partial charge in [0.2, 0.25) is 0 Å². The van der Waals surface area contributed by atoms with E-state index < -0.39 is 18.1 Å². The van der Waals surface area contributed by atoms with Gasteiger partial charge in [-0.25, -0.2) is 0 Å². The molecule has 0 amide bonds. The number of ether oxygens (including phenoxy) is 3. The van der Waals surface area contributed by atoms with Gasteiger partial charge in [-0.2, -0.15) is 0 Å². The first-order valence-electron chi connectivity index (χ1n) is 16.7. The molecule has 0 heterocycles. The lowest BCUT2D eigenvalue weighted by atomic mass is 10.1. The average molecular weight is 598 g/mol. The Morgan fingerprint density at radius 1 is 0.690 bits per heavy atom. The zero-order valence-electron chi connectivity index (χ0n) is 27.7. The molecular formula is C34H63NO7. The highest BCUT2D eigenvalue weighted by Gasteiger charge is 2.25. The van der Waals surface area contributed by atoms with Gasteiger partial charge in [0.15, 0.2) is 6.10 Å². The highest BCUT2D eigenvalue weighted by Crippen LogP contribution is 2.12. The van der Waals surface area contributed by atoms with Gasteiger partial charge in [0, 0.05) is 19.3 Å². The molecule has 0 aromatic heterocycles. The van der Waals surface area contributed by atoms with Crippen molar-refractivity contribution in [2.24, 2.45) is 0 Å². The zero-order valence-corrected chi connectivity index (χ0v) is 27.7. The number of hydrogen-bond donors (Lipinski definition) is 0. The van der Waals surface area contributed by atoms with Gasteiger partial charge in [0.25, 0.3) is 0 Å². The number of esters is 2. The lowest BCUT2D eigenvalue weighted by Crippen LogP contribution is -2.55. The molecule has 0 aliphatic carbocycles. The number of rotatable bonds is 29. The number of carbonyl (C=O) groups is 3. The molecule has 0 rings (SSSR count). The smallest absolute Gasteiger partial charge is 0.306 e. The minimum absolute atomic E-state index is 0.0379. The Hall–Kier alpha value is -1.93. The fourth-order valence-electron chi connectivity index (χ4n) is 4.69. The van der Waals surface area contributed by atoms with E-state index in [1.54, 1.807) is 21.1 Å². The van der Waals surface area contributed by atoms with Crippen LogP contribution < -0.4 is 5.11 Å². The van der Waals surface area contributed by atoms with E-state index in [1.807, 2.05) is 6.92 Å². The normalized spacial score (nSPS) is 13.3. The van der Waals surface area contributed by atoms with Crippen LogP contribution in [0.3, 0.4) is 0 Å². The van der Waals surface area contributed by atoms with Crippen molar-refractivity contribution in [2.75, 3.05) is 41.0 Å². The molecule has 0 fully saturated rings. The van der Waals surface area contributed by atoms with E-state index in [1.165, 1.54) is 57.8 Å². The minimum Gasteiger partial charge on any atom is -0.544 e. The largest absolute Gasteiger partial charge is 0.544 e. The van der Waals surface area contributed by atoms with Crippen molar-refractivity contribution >= 4 is 17.9 Å². The number of carbonyl (C=O) groups excluding carboxylic acids is 3. The maximum atomic E-state index is 12.5. The number of carboxylic acid groups (broad SMARTS) is 1. The van der Waals surface area contributed by atoms with E-state index in [0.717, 1.165) is 44.9 Å². The van der Waals surface area contributed by atoms with E-state index in [-0.39, 0.29) is 42.7 Å². The number of allylic oxidation sites excluding steroid dienone is 2. The number of nitrogens with zero attached hydrogens (tertiary/aromatic N) is 1. The van der Waals surface area contributed by atoms with Crippen LogP contribution in [-0.4, -0.2) is 75.5 Å². The Balaban J connectivity index is 4.21. The summed E-state index contributed by atoms with van der Waals surface area (Å²) in [6, 6.07) is -0.719. The predicted octanol–water partition coefficient (Wildman–Crippen LogP) is 6.29. The fraction of sp³-hybridized carbons (Fsp3) is 0.853. The van der Waals surface area contributed by atoms with Gasteiger partial charge in [0.1, 0.15) is 12.6 Å². The molecule has 0 N–H and O–H groups in total. The van der Waals surface area contributed by atoms with Crippen molar-refractivity contribution in [2.45, 2.75) is 148 Å². The second-order valence-corrected chi connectivity index (χ2v) is 12.4. The monoisotopic (exact) mass is 597 g/mol. The highest BCUT2D eigenvalue weighted by atomic mass is 16.6. The highest BCUT2D eigenvalue weighted by molar-refractivity contribution is 5.70. The zero-order chi connectivity index (χ0) is 31.5. The fourth-order valence-corrected chi connectivity index (χ4v) is 4.69. The first-order chi connectivity index (χ1) is 20.1. The van der Waals surface area contributed by atoms with Crippen molar-refractivity contribution < 1.29 is 38.2 Å². The van der Waals surface area contributed by atoms with Crippen LogP contribution in [0.25, 0.3) is 0 Å². The summed E-state index contributed by atoms with van der Waals surface area (Å²) >= 11 is 0. The van der Waals surface area contributed by atoms with E-state index in [9.17, 15) is 19.5 Å². The maximum absolute atomic E-state index is 12.5. The first kappa shape index (κ1) is 40.1. The van der Waals surface area contributed by atoms with Crippen molar-refractivity contribution in [1.82, 2.24) is 0 Å². The molecule has 0 aliphatic heterocycles. The number of quaternary nitrogens is 1. The summed E-state index contributed by atoms with van der Waals surface area (Å²) in [5, 5.41) is 11.5. The molecule has 0 aliphatic rings. The van der Waals surface area contributed by atoms with E-state index in [4.69, 9.17) is 14.2 Å². The third kappa shape index (κ3) is 24.6. The Morgan fingerprint density at radius 3 is 1.76 bits per heavy atom. The quantitative estimate of drug-likeness (QED) is 0.0432. The molecule has 8 heteroatoms. The molecule has 2 unspecified atom stereocenters. The van der Waals surface area contributed by atoms with Gasteiger partial charge < -0.3 is 28.6 Å². The van der Waals surface area contributed by atoms with Crippen LogP contribution in [0.2, 0.25) is 0 Å². The van der Waals surface area contributed by atoms with E-state index >= 15 is 0 Å². The molecular weight excluding hydrogens is 534 g/mol. The summed E-state index contributed by atoms with van der Waals surface area (Å²) in [7, 11) is 5.36. The van der Waals surface area contributed by atoms with Crippen molar-refractivity contribution in [3.8, 4) is 0 Å². The van der Waals surface area contributed by atoms with Gasteiger partial charge in [-0.1, -0.05) is 90.2 Å². The van der Waals surface area contributed by atoms with Crippen molar-refractivity contribution in [3.05, 3.63) is 12.2 Å². The standard InChI is InChI=1S/C34H63NO7/c1-6-8-10-11-12-13-14-15-16-17-18-19-20-21-22-23-25-33(37)42-30(29-41-32(36)24-9-7-2)28-40-27-26-31(34(38)39)35(3,4)5/h16-17,30-31H,6-15,18-29H2,1-5H3/b17-16-. The summed E-state index contributed by atoms with van der Waals surface area (Å²) in [4.78, 5) is 35.9. The van der Waals surface area contributed by atoms with Gasteiger partial charge in [-0.05, 0) is 38.5 Å². The molecule has 0 saturated carbocycles. The molecule has 0 radical (unpaired) electrons. The lowest BCUT2D eigenvalue weighted by molar-refractivity contribution is -0.889. The van der Waals surface area contributed by atoms with Crippen LogP contribution in [0.15, 0.2) is 12.2 Å². The number of unbranched alkanes of at least 4 members (excludes halogenated alkanes) is 13. The Morgan fingerprint density at radius 2 is 1.21 bits per heavy atom. The van der Waals surface area contributed by atoms with Crippen LogP contribution in [-0.2, 0) is 28.6 Å². The number of carboxylic acids is 1. The number of aliphatic carboxylic acids is 1. The molecule has 0 aromatic carbocycles. The van der Waals surface area contributed by atoms with Gasteiger partial charge in [-0.15, -0.1) is 0 Å². The molecule has 0 aromatic rings. The van der Waals surface area contributed by atoms with Crippen LogP contribution in [0.4, 0.5) is 0 Å². The third-order valence-electron chi connectivity index (χ3n) is 7.40. The first-order valence-corrected chi connectivity index (χ1v) is 16.7. The predicted molar refractivity (Wildman–Crippen MR) is 167 cm³/mol. The van der Waals surface area contributed by atoms with Crippen LogP contribution in [0.5, 0.6) is 0 Å². The summed E-state index contributed by atoms with van der Waals surface area (Å²) in [5.41, 5.74) is 0. The molecule has 0 bridgehead atoms. The van der Waals surface area contributed by atoms with Gasteiger partial charge in [0.05, 0.1) is 40.3 Å². The van der Waals surface area contributed by atoms with Crippen LogP contribution in [0.1, 0.15) is 136 Å². The molecule has 42 heavy (non-hydrogen) atoms. The summed E-state index contributed by atoms with van der Waals surface area (Å²) in [6.07, 6.45) is 23.4. The molecule has 0 spiro atoms. The Labute approximate surface area is 257 Å². The van der Waals surface area contributed by atoms with Crippen LogP contribution in [0, 0.1) is 0 Å². The second-order valence-electron chi connectivity index (χ2n) is 12.4. The third-order valence-corrected chi connectivity index (χ3v) is 7.40. The SMILES string of the molecule is CCCCCCCCC/C=C\CCCCCCCC(=O)OC(COCCC(C(=O)[O-])[N+](C)(C)C)COC(=O)CCCC. The van der Waals surface area contributed by atoms with Crippen molar-refractivity contribution in [1.29, 1.82) is 0 Å². The topological polar surface area (TPSA) is 102 Å². The van der Waals surface area contributed by atoms with Gasteiger partial charge in [-0.3, -0.25) is 9.59 Å². The lowest BCUT2D eigenvalue weighted by Gasteiger charge is -2.34. The number of hydrogen-bond acceptors (Lipinski definition) is 7. The van der Waals surface area contributed by atoms with E-state index in [2.05, 4.69) is 19.1 Å². The molecule has 246 valence electrons. The van der Waals surface area contributed by atoms with Gasteiger partial charge >= 0.3 is 11.9 Å². The second kappa shape index (κ2) is 26.7. The molecule has 8 nitrogen and oxygen atoms in total. The van der Waals surface area contributed by atoms with Crippen LogP contribution >= 0.6 is 0 Å². The molecule has 0 saturated heterocycles. The summed E-state index contributed by atoms with van der Waals surface area (Å²) in [6.45, 7) is 4.39. The van der Waals surface area contributed by atoms with Crippen molar-refractivity contribution in [3.63, 3.8) is 0 Å². The maximum Gasteiger partial charge on any atom is 0.306 e. The summed E-state index contributed by atoms with van der Waals surface area (Å²) in [5.74, 6) is -1.79.